The predicted octanol–water partition coefficient (Wildman–Crippen LogP) is 1.69. The average molecular weight is 370 g/mol. The number of benzene rings is 1. The number of alkyl halides is 3. The lowest BCUT2D eigenvalue weighted by Gasteiger charge is -2.12. The van der Waals surface area contributed by atoms with Crippen molar-refractivity contribution in [3.63, 3.8) is 0 Å². The van der Waals surface area contributed by atoms with E-state index < -0.39 is 29.3 Å². The zero-order valence-corrected chi connectivity index (χ0v) is 13.1. The summed E-state index contributed by atoms with van der Waals surface area (Å²) in [5, 5.41) is 8.58. The van der Waals surface area contributed by atoms with Gasteiger partial charge in [0.25, 0.3) is 5.56 Å². The van der Waals surface area contributed by atoms with Crippen LogP contribution in [0.15, 0.2) is 38.8 Å². The van der Waals surface area contributed by atoms with Gasteiger partial charge in [0.05, 0.1) is 11.8 Å². The second kappa shape index (κ2) is 6.40. The molecule has 0 amide bonds. The van der Waals surface area contributed by atoms with E-state index in [4.69, 9.17) is 10.00 Å². The second-order valence-corrected chi connectivity index (χ2v) is 5.83. The summed E-state index contributed by atoms with van der Waals surface area (Å²) < 4.78 is 46.8. The van der Waals surface area contributed by atoms with E-state index in [2.05, 4.69) is 4.72 Å². The highest BCUT2D eigenvalue weighted by Gasteiger charge is 2.33. The molecular weight excluding hydrogens is 361 g/mol. The van der Waals surface area contributed by atoms with E-state index in [1.165, 1.54) is 24.1 Å². The minimum atomic E-state index is -4.83. The van der Waals surface area contributed by atoms with Crippen LogP contribution in [-0.2, 0) is 10.9 Å². The minimum Gasteiger partial charge on any atom is -0.343 e. The van der Waals surface area contributed by atoms with Gasteiger partial charge in [0, 0.05) is 16.5 Å². The summed E-state index contributed by atoms with van der Waals surface area (Å²) in [5.74, 6) is 0. The summed E-state index contributed by atoms with van der Waals surface area (Å²) in [5.41, 5.74) is -3.05. The van der Waals surface area contributed by atoms with Crippen LogP contribution in [0.25, 0.3) is 5.69 Å². The zero-order chi connectivity index (χ0) is 18.2. The SMILES string of the molecule is N#CCOC1NSc2ccc(-n3c(=O)cc(C(F)(F)F)[nH]c3=O)cc21. The summed E-state index contributed by atoms with van der Waals surface area (Å²) in [6.45, 7) is -0.178. The summed E-state index contributed by atoms with van der Waals surface area (Å²) in [6.07, 6.45) is -5.46. The smallest absolute Gasteiger partial charge is 0.343 e. The van der Waals surface area contributed by atoms with E-state index in [-0.39, 0.29) is 12.3 Å². The highest BCUT2D eigenvalue weighted by molar-refractivity contribution is 7.97. The van der Waals surface area contributed by atoms with Gasteiger partial charge in [-0.05, 0) is 30.1 Å². The molecule has 0 fully saturated rings. The number of hydrogen-bond donors (Lipinski definition) is 2. The topological polar surface area (TPSA) is 99.9 Å². The number of rotatable bonds is 3. The molecule has 11 heteroatoms. The van der Waals surface area contributed by atoms with Crippen molar-refractivity contribution < 1.29 is 17.9 Å². The molecule has 2 heterocycles. The summed E-state index contributed by atoms with van der Waals surface area (Å²) in [6, 6.07) is 6.63. The van der Waals surface area contributed by atoms with Crippen LogP contribution < -0.4 is 16.0 Å². The largest absolute Gasteiger partial charge is 0.431 e. The lowest BCUT2D eigenvalue weighted by Crippen LogP contribution is -2.35. The Morgan fingerprint density at radius 2 is 2.08 bits per heavy atom. The standard InChI is InChI=1S/C14H9F3N4O3S/c15-14(16,17)10-6-11(22)21(13(23)19-10)7-1-2-9-8(5-7)12(20-25-9)24-4-3-18/h1-2,5-6,12,20H,4H2,(H,19,23). The molecule has 3 rings (SSSR count). The molecule has 1 unspecified atom stereocenters. The van der Waals surface area contributed by atoms with Crippen LogP contribution in [0.3, 0.4) is 0 Å². The highest BCUT2D eigenvalue weighted by Crippen LogP contribution is 2.36. The van der Waals surface area contributed by atoms with Gasteiger partial charge in [0.2, 0.25) is 0 Å². The van der Waals surface area contributed by atoms with E-state index >= 15 is 0 Å². The first-order chi connectivity index (χ1) is 11.8. The molecule has 2 aromatic rings. The van der Waals surface area contributed by atoms with Crippen molar-refractivity contribution in [1.82, 2.24) is 14.3 Å². The van der Waals surface area contributed by atoms with E-state index in [9.17, 15) is 22.8 Å². The fourth-order valence-electron chi connectivity index (χ4n) is 2.29. The maximum atomic E-state index is 12.7. The molecule has 0 bridgehead atoms. The van der Waals surface area contributed by atoms with Crippen molar-refractivity contribution in [2.45, 2.75) is 17.3 Å². The van der Waals surface area contributed by atoms with Gasteiger partial charge in [0.1, 0.15) is 18.5 Å². The predicted molar refractivity (Wildman–Crippen MR) is 81.0 cm³/mol. The fourth-order valence-corrected chi connectivity index (χ4v) is 3.14. The van der Waals surface area contributed by atoms with Gasteiger partial charge in [-0.15, -0.1) is 0 Å². The van der Waals surface area contributed by atoms with E-state index in [0.717, 1.165) is 4.90 Å². The number of H-pyrrole nitrogens is 1. The van der Waals surface area contributed by atoms with Gasteiger partial charge in [-0.1, -0.05) is 0 Å². The number of ether oxygens (including phenoxy) is 1. The molecule has 25 heavy (non-hydrogen) atoms. The third kappa shape index (κ3) is 3.32. The van der Waals surface area contributed by atoms with Gasteiger partial charge in [-0.2, -0.15) is 18.4 Å². The molecule has 7 nitrogen and oxygen atoms in total. The monoisotopic (exact) mass is 370 g/mol. The number of hydrogen-bond acceptors (Lipinski definition) is 6. The first-order valence-corrected chi connectivity index (χ1v) is 7.62. The van der Waals surface area contributed by atoms with E-state index in [1.54, 1.807) is 11.1 Å². The third-order valence-corrected chi connectivity index (χ3v) is 4.29. The molecule has 0 spiro atoms. The van der Waals surface area contributed by atoms with Crippen LogP contribution in [0.2, 0.25) is 0 Å². The Morgan fingerprint density at radius 1 is 1.32 bits per heavy atom. The van der Waals surface area contributed by atoms with Crippen molar-refractivity contribution in [3.05, 3.63) is 56.4 Å². The molecule has 1 aliphatic rings. The number of aromatic nitrogens is 2. The summed E-state index contributed by atoms with van der Waals surface area (Å²) >= 11 is 1.24. The Morgan fingerprint density at radius 3 is 2.72 bits per heavy atom. The third-order valence-electron chi connectivity index (χ3n) is 3.36. The minimum absolute atomic E-state index is 0.0913. The number of nitrogens with one attached hydrogen (secondary N) is 2. The van der Waals surface area contributed by atoms with Crippen molar-refractivity contribution in [2.24, 2.45) is 0 Å². The van der Waals surface area contributed by atoms with E-state index in [1.807, 2.05) is 6.07 Å². The maximum Gasteiger partial charge on any atom is 0.431 e. The zero-order valence-electron chi connectivity index (χ0n) is 12.3. The van der Waals surface area contributed by atoms with Crippen LogP contribution in [0.1, 0.15) is 17.5 Å². The van der Waals surface area contributed by atoms with Crippen molar-refractivity contribution >= 4 is 11.9 Å². The van der Waals surface area contributed by atoms with Gasteiger partial charge in [0.15, 0.2) is 0 Å². The molecule has 1 aromatic carbocycles. The molecule has 0 saturated heterocycles. The molecule has 2 N–H and O–H groups in total. The van der Waals surface area contributed by atoms with Gasteiger partial charge < -0.3 is 9.72 Å². The Bertz CT molecular complexity index is 946. The van der Waals surface area contributed by atoms with Gasteiger partial charge in [-0.25, -0.2) is 14.1 Å². The van der Waals surface area contributed by atoms with Crippen LogP contribution in [0.4, 0.5) is 13.2 Å². The Kier molecular flexibility index (Phi) is 4.42. The lowest BCUT2D eigenvalue weighted by molar-refractivity contribution is -0.141. The van der Waals surface area contributed by atoms with Gasteiger partial charge >= 0.3 is 11.9 Å². The molecule has 130 valence electrons. The van der Waals surface area contributed by atoms with E-state index in [0.29, 0.717) is 16.2 Å². The van der Waals surface area contributed by atoms with Crippen LogP contribution in [-0.4, -0.2) is 16.2 Å². The normalized spacial score (nSPS) is 16.5. The quantitative estimate of drug-likeness (QED) is 0.798. The molecule has 1 aromatic heterocycles. The molecule has 1 aliphatic heterocycles. The Hall–Kier alpha value is -2.55. The molecule has 0 radical (unpaired) electrons. The van der Waals surface area contributed by atoms with Crippen molar-refractivity contribution in [2.75, 3.05) is 6.61 Å². The van der Waals surface area contributed by atoms with Crippen LogP contribution in [0.5, 0.6) is 0 Å². The van der Waals surface area contributed by atoms with Gasteiger partial charge in [-0.3, -0.25) is 4.79 Å². The molecule has 1 atom stereocenters. The first kappa shape index (κ1) is 17.3. The van der Waals surface area contributed by atoms with Crippen LogP contribution >= 0.6 is 11.9 Å². The number of nitrogens with zero attached hydrogens (tertiary/aromatic N) is 2. The van der Waals surface area contributed by atoms with Crippen molar-refractivity contribution in [3.8, 4) is 11.8 Å². The number of halogens is 3. The fraction of sp³-hybridized carbons (Fsp3) is 0.214. The molecule has 0 saturated carbocycles. The highest BCUT2D eigenvalue weighted by atomic mass is 32.2. The van der Waals surface area contributed by atoms with Crippen molar-refractivity contribution in [1.29, 1.82) is 5.26 Å². The Labute approximate surface area is 142 Å². The first-order valence-electron chi connectivity index (χ1n) is 6.80. The maximum absolute atomic E-state index is 12.7. The second-order valence-electron chi connectivity index (χ2n) is 4.95. The number of fused-ring (bicyclic) bond motifs is 1. The summed E-state index contributed by atoms with van der Waals surface area (Å²) in [7, 11) is 0. The number of aromatic amines is 1. The van der Waals surface area contributed by atoms with Crippen LogP contribution in [0, 0.1) is 11.3 Å². The molecular formula is C14H9F3N4O3S. The average Bonchev–Trinajstić information content (AvgIpc) is 2.94. The summed E-state index contributed by atoms with van der Waals surface area (Å²) in [4.78, 5) is 26.4. The lowest BCUT2D eigenvalue weighted by atomic mass is 10.1. The Balaban J connectivity index is 2.06. The number of nitriles is 1. The molecule has 0 aliphatic carbocycles.